The molecule has 2 aliphatic carbocycles. The minimum Gasteiger partial charge on any atom is -0.351 e. The topological polar surface area (TPSA) is 81.6 Å². The van der Waals surface area contributed by atoms with Gasteiger partial charge in [-0.15, -0.1) is 0 Å². The van der Waals surface area contributed by atoms with E-state index in [1.54, 1.807) is 6.20 Å². The molecule has 5 rings (SSSR count). The minimum atomic E-state index is 0.337. The van der Waals surface area contributed by atoms with Crippen LogP contribution in [-0.4, -0.2) is 31.8 Å². The summed E-state index contributed by atoms with van der Waals surface area (Å²) in [4.78, 5) is 9.17. The third kappa shape index (κ3) is 2.99. The number of halogens is 1. The van der Waals surface area contributed by atoms with Crippen LogP contribution in [0.15, 0.2) is 12.4 Å². The van der Waals surface area contributed by atoms with Gasteiger partial charge in [0.05, 0.1) is 23.1 Å². The van der Waals surface area contributed by atoms with Gasteiger partial charge in [0.15, 0.2) is 0 Å². The Morgan fingerprint density at radius 2 is 1.96 bits per heavy atom. The van der Waals surface area contributed by atoms with Crippen molar-refractivity contribution in [3.8, 4) is 11.3 Å². The number of hydrogen-bond acceptors (Lipinski definition) is 5. The lowest BCUT2D eigenvalue weighted by atomic mass is 9.91. The van der Waals surface area contributed by atoms with Gasteiger partial charge < -0.3 is 11.1 Å². The van der Waals surface area contributed by atoms with Crippen LogP contribution in [0.1, 0.15) is 50.6 Å². The molecule has 138 valence electrons. The van der Waals surface area contributed by atoms with E-state index in [2.05, 4.69) is 20.1 Å². The zero-order valence-corrected chi connectivity index (χ0v) is 15.7. The van der Waals surface area contributed by atoms with Gasteiger partial charge in [-0.1, -0.05) is 11.6 Å². The first kappa shape index (κ1) is 16.5. The molecule has 2 fully saturated rings. The summed E-state index contributed by atoms with van der Waals surface area (Å²) < 4.78 is 2.13. The zero-order valence-electron chi connectivity index (χ0n) is 14.9. The first-order valence-corrected chi connectivity index (χ1v) is 10.1. The van der Waals surface area contributed by atoms with Gasteiger partial charge in [-0.05, 0) is 56.8 Å². The van der Waals surface area contributed by atoms with Crippen LogP contribution < -0.4 is 11.1 Å². The van der Waals surface area contributed by atoms with E-state index in [0.717, 1.165) is 49.9 Å². The van der Waals surface area contributed by atoms with Crippen LogP contribution in [0, 0.1) is 5.41 Å². The Balaban J connectivity index is 1.42. The van der Waals surface area contributed by atoms with Crippen LogP contribution in [-0.2, 0) is 13.0 Å². The minimum absolute atomic E-state index is 0.337. The van der Waals surface area contributed by atoms with Gasteiger partial charge in [-0.2, -0.15) is 5.10 Å². The fourth-order valence-electron chi connectivity index (χ4n) is 4.45. The average Bonchev–Trinajstić information content (AvgIpc) is 3.26. The molecule has 3 N–H and O–H groups in total. The molecule has 0 bridgehead atoms. The first-order valence-electron chi connectivity index (χ1n) is 9.72. The molecule has 0 unspecified atom stereocenters. The molecule has 0 aromatic carbocycles. The predicted molar refractivity (Wildman–Crippen MR) is 102 cm³/mol. The molecule has 26 heavy (non-hydrogen) atoms. The third-order valence-electron chi connectivity index (χ3n) is 6.41. The van der Waals surface area contributed by atoms with Crippen molar-refractivity contribution in [3.05, 3.63) is 23.1 Å². The Bertz CT molecular complexity index is 819. The lowest BCUT2D eigenvalue weighted by Crippen LogP contribution is -2.33. The van der Waals surface area contributed by atoms with Gasteiger partial charge in [0, 0.05) is 29.9 Å². The maximum Gasteiger partial charge on any atom is 0.223 e. The molecule has 0 atom stereocenters. The van der Waals surface area contributed by atoms with Crippen molar-refractivity contribution in [2.75, 3.05) is 5.32 Å². The van der Waals surface area contributed by atoms with Crippen LogP contribution >= 0.6 is 11.6 Å². The maximum absolute atomic E-state index is 6.47. The summed E-state index contributed by atoms with van der Waals surface area (Å²) in [6, 6.07) is 0.725. The van der Waals surface area contributed by atoms with E-state index in [9.17, 15) is 0 Å². The highest BCUT2D eigenvalue weighted by Crippen LogP contribution is 2.54. The van der Waals surface area contributed by atoms with Crippen LogP contribution in [0.3, 0.4) is 0 Å². The lowest BCUT2D eigenvalue weighted by molar-refractivity contribution is 0.349. The van der Waals surface area contributed by atoms with Gasteiger partial charge in [-0.3, -0.25) is 4.68 Å². The highest BCUT2D eigenvalue weighted by atomic mass is 35.5. The number of anilines is 1. The predicted octanol–water partition coefficient (Wildman–Crippen LogP) is 3.40. The highest BCUT2D eigenvalue weighted by Gasteiger charge is 2.45. The smallest absolute Gasteiger partial charge is 0.223 e. The van der Waals surface area contributed by atoms with E-state index < -0.39 is 0 Å². The summed E-state index contributed by atoms with van der Waals surface area (Å²) in [7, 11) is 0. The van der Waals surface area contributed by atoms with Crippen molar-refractivity contribution >= 4 is 17.5 Å². The van der Waals surface area contributed by atoms with Gasteiger partial charge in [-0.25, -0.2) is 9.97 Å². The number of aromatic nitrogens is 4. The molecule has 3 heterocycles. The molecule has 0 saturated heterocycles. The van der Waals surface area contributed by atoms with Crippen LogP contribution in [0.25, 0.3) is 11.3 Å². The third-order valence-corrected chi connectivity index (χ3v) is 6.68. The second-order valence-corrected chi connectivity index (χ2v) is 8.71. The van der Waals surface area contributed by atoms with E-state index in [1.165, 1.54) is 25.0 Å². The quantitative estimate of drug-likeness (QED) is 0.862. The zero-order chi connectivity index (χ0) is 17.7. The van der Waals surface area contributed by atoms with Crippen LogP contribution in [0.4, 0.5) is 5.95 Å². The van der Waals surface area contributed by atoms with Crippen molar-refractivity contribution < 1.29 is 0 Å². The number of rotatable bonds is 3. The number of aryl methyl sites for hydroxylation is 1. The number of nitrogens with two attached hydrogens (primary N) is 1. The molecular weight excluding hydrogens is 348 g/mol. The Hall–Kier alpha value is -1.66. The summed E-state index contributed by atoms with van der Waals surface area (Å²) in [6.07, 6.45) is 12.9. The summed E-state index contributed by atoms with van der Waals surface area (Å²) in [6.45, 7) is 1.01. The SMILES string of the molecule is NC1CCC(Nc2ncc(Cl)c(-c3cnn4c3CC3(CC4)CC3)n2)CC1. The highest BCUT2D eigenvalue weighted by molar-refractivity contribution is 6.32. The number of nitrogens with one attached hydrogen (secondary N) is 1. The molecule has 2 saturated carbocycles. The monoisotopic (exact) mass is 372 g/mol. The fraction of sp³-hybridized carbons (Fsp3) is 0.632. The van der Waals surface area contributed by atoms with Crippen molar-refractivity contribution in [1.82, 2.24) is 19.7 Å². The fourth-order valence-corrected chi connectivity index (χ4v) is 4.64. The number of hydrogen-bond donors (Lipinski definition) is 2. The number of nitrogens with zero attached hydrogens (tertiary/aromatic N) is 4. The molecular formula is C19H25ClN6. The van der Waals surface area contributed by atoms with Gasteiger partial charge in [0.25, 0.3) is 0 Å². The lowest BCUT2D eigenvalue weighted by Gasteiger charge is -2.27. The second-order valence-electron chi connectivity index (χ2n) is 8.30. The van der Waals surface area contributed by atoms with Crippen molar-refractivity contribution in [1.29, 1.82) is 0 Å². The van der Waals surface area contributed by atoms with E-state index in [4.69, 9.17) is 22.3 Å². The summed E-state index contributed by atoms with van der Waals surface area (Å²) in [5.74, 6) is 0.654. The van der Waals surface area contributed by atoms with Gasteiger partial charge in [0.1, 0.15) is 0 Å². The van der Waals surface area contributed by atoms with E-state index >= 15 is 0 Å². The van der Waals surface area contributed by atoms with Crippen LogP contribution in [0.5, 0.6) is 0 Å². The average molecular weight is 373 g/mol. The Morgan fingerprint density at radius 1 is 1.15 bits per heavy atom. The maximum atomic E-state index is 6.47. The molecule has 0 amide bonds. The molecule has 1 aliphatic heterocycles. The summed E-state index contributed by atoms with van der Waals surface area (Å²) >= 11 is 6.47. The van der Waals surface area contributed by atoms with Crippen LogP contribution in [0.2, 0.25) is 5.02 Å². The Kier molecular flexibility index (Phi) is 3.94. The Morgan fingerprint density at radius 3 is 2.73 bits per heavy atom. The van der Waals surface area contributed by atoms with Crippen molar-refractivity contribution in [2.45, 2.75) is 70.0 Å². The van der Waals surface area contributed by atoms with Crippen molar-refractivity contribution in [2.24, 2.45) is 11.1 Å². The van der Waals surface area contributed by atoms with Gasteiger partial charge in [0.2, 0.25) is 5.95 Å². The molecule has 6 nitrogen and oxygen atoms in total. The number of fused-ring (bicyclic) bond motifs is 1. The van der Waals surface area contributed by atoms with Gasteiger partial charge >= 0.3 is 0 Å². The molecule has 0 radical (unpaired) electrons. The normalized spacial score (nSPS) is 26.5. The standard InChI is InChI=1S/C19H25ClN6/c20-15-11-22-18(24-13-3-1-12(21)2-4-13)25-17(15)14-10-23-26-8-7-19(5-6-19)9-16(14)26/h10-13H,1-9,21H2,(H,22,24,25). The van der Waals surface area contributed by atoms with Crippen molar-refractivity contribution in [3.63, 3.8) is 0 Å². The molecule has 7 heteroatoms. The Labute approximate surface area is 158 Å². The van der Waals surface area contributed by atoms with E-state index in [-0.39, 0.29) is 0 Å². The summed E-state index contributed by atoms with van der Waals surface area (Å²) in [5.41, 5.74) is 9.67. The van der Waals surface area contributed by atoms with E-state index in [0.29, 0.717) is 28.5 Å². The molecule has 2 aromatic heterocycles. The van der Waals surface area contributed by atoms with E-state index in [1.807, 2.05) is 6.20 Å². The largest absolute Gasteiger partial charge is 0.351 e. The molecule has 1 spiro atoms. The second kappa shape index (κ2) is 6.20. The summed E-state index contributed by atoms with van der Waals surface area (Å²) in [5, 5.41) is 8.65. The molecule has 2 aromatic rings. The molecule has 3 aliphatic rings. The first-order chi connectivity index (χ1) is 12.6.